The Morgan fingerprint density at radius 3 is 2.59 bits per heavy atom. The summed E-state index contributed by atoms with van der Waals surface area (Å²) in [7, 11) is 0. The summed E-state index contributed by atoms with van der Waals surface area (Å²) in [6, 6.07) is 3.63. The average molecular weight is 365 g/mol. The molecule has 0 amide bonds. The molecule has 7 nitrogen and oxygen atoms in total. The number of nitrogen functional groups attached to an aromatic ring is 1. The van der Waals surface area contributed by atoms with Crippen LogP contribution in [0.2, 0.25) is 0 Å². The van der Waals surface area contributed by atoms with E-state index in [0.717, 1.165) is 16.5 Å². The van der Waals surface area contributed by atoms with Gasteiger partial charge in [-0.1, -0.05) is 5.92 Å². The molecule has 7 heteroatoms. The third-order valence-electron chi connectivity index (χ3n) is 4.18. The van der Waals surface area contributed by atoms with E-state index >= 15 is 0 Å². The second-order valence-electron chi connectivity index (χ2n) is 7.58. The Hall–Kier alpha value is -2.95. The molecule has 27 heavy (non-hydrogen) atoms. The van der Waals surface area contributed by atoms with Gasteiger partial charge in [0.1, 0.15) is 11.3 Å². The molecule has 140 valence electrons. The summed E-state index contributed by atoms with van der Waals surface area (Å²) in [4.78, 5) is 12.7. The Kier molecular flexibility index (Phi) is 4.64. The minimum absolute atomic E-state index is 0.0393. The van der Waals surface area contributed by atoms with Crippen molar-refractivity contribution >= 4 is 16.9 Å². The molecule has 3 heterocycles. The number of anilines is 1. The van der Waals surface area contributed by atoms with Gasteiger partial charge in [-0.2, -0.15) is 0 Å². The van der Waals surface area contributed by atoms with E-state index in [1.165, 1.54) is 0 Å². The van der Waals surface area contributed by atoms with Gasteiger partial charge in [0.05, 0.1) is 29.6 Å². The molecule has 0 aromatic carbocycles. The largest absolute Gasteiger partial charge is 0.394 e. The number of pyridine rings is 1. The molecule has 0 spiro atoms. The molecule has 3 aromatic rings. The number of aliphatic hydroxyl groups excluding tert-OH is 1. The molecule has 0 aliphatic heterocycles. The normalized spacial score (nSPS) is 12.1. The zero-order valence-electron chi connectivity index (χ0n) is 15.9. The highest BCUT2D eigenvalue weighted by Crippen LogP contribution is 2.33. The molecule has 0 saturated carbocycles. The van der Waals surface area contributed by atoms with Gasteiger partial charge in [0.25, 0.3) is 0 Å². The van der Waals surface area contributed by atoms with Crippen molar-refractivity contribution in [2.75, 3.05) is 12.3 Å². The molecular formula is C20H23N5O2. The first-order valence-electron chi connectivity index (χ1n) is 8.58. The smallest absolute Gasteiger partial charge is 0.220 e. The number of nitrogens with two attached hydrogens (primary N) is 1. The molecule has 3 rings (SSSR count). The zero-order chi connectivity index (χ0) is 19.8. The Bertz CT molecular complexity index is 1050. The maximum absolute atomic E-state index is 9.83. The van der Waals surface area contributed by atoms with Gasteiger partial charge in [-0.25, -0.2) is 15.0 Å². The van der Waals surface area contributed by atoms with Gasteiger partial charge in [0.15, 0.2) is 0 Å². The summed E-state index contributed by atoms with van der Waals surface area (Å²) < 4.78 is 1.97. The summed E-state index contributed by atoms with van der Waals surface area (Å²) in [6.07, 6.45) is 5.25. The zero-order valence-corrected chi connectivity index (χ0v) is 15.9. The second-order valence-corrected chi connectivity index (χ2v) is 7.58. The van der Waals surface area contributed by atoms with Crippen LogP contribution >= 0.6 is 0 Å². The molecule has 0 unspecified atom stereocenters. The quantitative estimate of drug-likeness (QED) is 0.612. The maximum Gasteiger partial charge on any atom is 0.220 e. The van der Waals surface area contributed by atoms with Crippen LogP contribution in [0.25, 0.3) is 22.2 Å². The van der Waals surface area contributed by atoms with E-state index in [9.17, 15) is 10.2 Å². The predicted octanol–water partition coefficient (Wildman–Crippen LogP) is 1.93. The number of fused-ring (bicyclic) bond motifs is 1. The van der Waals surface area contributed by atoms with E-state index in [-0.39, 0.29) is 12.6 Å². The van der Waals surface area contributed by atoms with E-state index in [2.05, 4.69) is 26.8 Å². The number of rotatable bonds is 3. The van der Waals surface area contributed by atoms with Gasteiger partial charge in [0, 0.05) is 23.3 Å². The van der Waals surface area contributed by atoms with E-state index in [1.54, 1.807) is 32.3 Å². The van der Waals surface area contributed by atoms with Crippen LogP contribution < -0.4 is 5.73 Å². The summed E-state index contributed by atoms with van der Waals surface area (Å²) in [5.41, 5.74) is 7.01. The molecule has 0 bridgehead atoms. The molecule has 0 radical (unpaired) electrons. The first kappa shape index (κ1) is 18.8. The standard InChI is InChI=1S/C20H23N5O2/c1-19(2,12-26)25-11-15(16-6-8-22-18(21)24-16)14-9-13(23-10-17(14)25)5-7-20(3,4)27/h6,8-11,26-27H,12H2,1-4H3,(H2,21,22,24). The highest BCUT2D eigenvalue weighted by molar-refractivity contribution is 5.95. The molecule has 0 aliphatic rings. The predicted molar refractivity (Wildman–Crippen MR) is 105 cm³/mol. The van der Waals surface area contributed by atoms with E-state index in [0.29, 0.717) is 11.4 Å². The Balaban J connectivity index is 2.27. The van der Waals surface area contributed by atoms with E-state index in [4.69, 9.17) is 5.73 Å². The molecule has 0 atom stereocenters. The molecule has 0 aliphatic carbocycles. The highest BCUT2D eigenvalue weighted by Gasteiger charge is 2.24. The fourth-order valence-electron chi connectivity index (χ4n) is 2.71. The van der Waals surface area contributed by atoms with Gasteiger partial charge < -0.3 is 20.5 Å². The third kappa shape index (κ3) is 3.92. The van der Waals surface area contributed by atoms with Gasteiger partial charge in [0.2, 0.25) is 5.95 Å². The minimum atomic E-state index is -1.11. The number of aromatic nitrogens is 4. The topological polar surface area (TPSA) is 110 Å². The van der Waals surface area contributed by atoms with Gasteiger partial charge in [-0.3, -0.25) is 0 Å². The maximum atomic E-state index is 9.83. The fourth-order valence-corrected chi connectivity index (χ4v) is 2.71. The summed E-state index contributed by atoms with van der Waals surface area (Å²) in [6.45, 7) is 7.07. The molecule has 4 N–H and O–H groups in total. The van der Waals surface area contributed by atoms with Crippen LogP contribution in [0.3, 0.4) is 0 Å². The summed E-state index contributed by atoms with van der Waals surface area (Å²) >= 11 is 0. The van der Waals surface area contributed by atoms with Crippen LogP contribution in [-0.4, -0.2) is 41.9 Å². The first-order chi connectivity index (χ1) is 12.6. The molecular weight excluding hydrogens is 342 g/mol. The number of nitrogens with zero attached hydrogens (tertiary/aromatic N) is 4. The van der Waals surface area contributed by atoms with Crippen molar-refractivity contribution < 1.29 is 10.2 Å². The third-order valence-corrected chi connectivity index (χ3v) is 4.18. The summed E-state index contributed by atoms with van der Waals surface area (Å²) in [5, 5.41) is 20.5. The fraction of sp³-hybridized carbons (Fsp3) is 0.350. The minimum Gasteiger partial charge on any atom is -0.394 e. The van der Waals surface area contributed by atoms with Crippen molar-refractivity contribution in [1.29, 1.82) is 0 Å². The average Bonchev–Trinajstić information content (AvgIpc) is 2.99. The molecule has 0 saturated heterocycles. The lowest BCUT2D eigenvalue weighted by Gasteiger charge is -2.25. The Morgan fingerprint density at radius 1 is 1.22 bits per heavy atom. The monoisotopic (exact) mass is 365 g/mol. The first-order valence-corrected chi connectivity index (χ1v) is 8.58. The van der Waals surface area contributed by atoms with Crippen molar-refractivity contribution in [1.82, 2.24) is 19.5 Å². The van der Waals surface area contributed by atoms with Gasteiger partial charge in [-0.15, -0.1) is 0 Å². The highest BCUT2D eigenvalue weighted by atomic mass is 16.3. The van der Waals surface area contributed by atoms with Crippen LogP contribution in [0.15, 0.2) is 30.7 Å². The van der Waals surface area contributed by atoms with Crippen LogP contribution in [0.4, 0.5) is 5.95 Å². The number of aliphatic hydroxyl groups is 2. The van der Waals surface area contributed by atoms with Crippen molar-refractivity contribution in [3.63, 3.8) is 0 Å². The van der Waals surface area contributed by atoms with E-state index in [1.807, 2.05) is 30.7 Å². The van der Waals surface area contributed by atoms with Crippen LogP contribution in [0.1, 0.15) is 33.4 Å². The number of hydrogen-bond donors (Lipinski definition) is 3. The SMILES string of the molecule is CC(C)(O)C#Cc1cc2c(-c3ccnc(N)n3)cn(C(C)(C)CO)c2cn1. The number of hydrogen-bond acceptors (Lipinski definition) is 6. The van der Waals surface area contributed by atoms with Crippen molar-refractivity contribution in [2.45, 2.75) is 38.8 Å². The molecule has 0 fully saturated rings. The van der Waals surface area contributed by atoms with Crippen LogP contribution in [0, 0.1) is 11.8 Å². The lowest BCUT2D eigenvalue weighted by molar-refractivity contribution is 0.143. The Labute approximate surface area is 157 Å². The molecule has 3 aromatic heterocycles. The Morgan fingerprint density at radius 2 is 1.96 bits per heavy atom. The van der Waals surface area contributed by atoms with Gasteiger partial charge >= 0.3 is 0 Å². The lowest BCUT2D eigenvalue weighted by atomic mass is 10.1. The van der Waals surface area contributed by atoms with Crippen LogP contribution in [-0.2, 0) is 5.54 Å². The van der Waals surface area contributed by atoms with Gasteiger partial charge in [-0.05, 0) is 45.7 Å². The van der Waals surface area contributed by atoms with Crippen molar-refractivity contribution in [3.8, 4) is 23.1 Å². The van der Waals surface area contributed by atoms with Crippen molar-refractivity contribution in [2.24, 2.45) is 0 Å². The summed E-state index contributed by atoms with van der Waals surface area (Å²) in [5.74, 6) is 5.86. The van der Waals surface area contributed by atoms with Crippen LogP contribution in [0.5, 0.6) is 0 Å². The van der Waals surface area contributed by atoms with E-state index < -0.39 is 11.1 Å². The second kappa shape index (κ2) is 6.65. The van der Waals surface area contributed by atoms with Crippen molar-refractivity contribution in [3.05, 3.63) is 36.4 Å². The lowest BCUT2D eigenvalue weighted by Crippen LogP contribution is -2.29.